The maximum Gasteiger partial charge on any atom is 0.260 e. The number of hydrogen-bond acceptors (Lipinski definition) is 3. The van der Waals surface area contributed by atoms with Crippen LogP contribution in [0.5, 0.6) is 23.0 Å². The molecule has 6 aromatic carbocycles. The van der Waals surface area contributed by atoms with Crippen molar-refractivity contribution in [3.8, 4) is 34.1 Å². The molecule has 4 heteroatoms. The zero-order valence-corrected chi connectivity index (χ0v) is 27.0. The van der Waals surface area contributed by atoms with E-state index in [4.69, 9.17) is 28.7 Å². The predicted molar refractivity (Wildman–Crippen MR) is 202 cm³/mol. The monoisotopic (exact) mass is 645 g/mol. The van der Waals surface area contributed by atoms with Gasteiger partial charge in [-0.2, -0.15) is 0 Å². The number of ether oxygens (including phenoxy) is 2. The average Bonchev–Trinajstić information content (AvgIpc) is 3.25. The van der Waals surface area contributed by atoms with Gasteiger partial charge < -0.3 is 14.4 Å². The molecule has 0 bridgehead atoms. The van der Waals surface area contributed by atoms with Crippen LogP contribution >= 0.6 is 0 Å². The normalized spacial score (nSPS) is 18.9. The number of anilines is 3. The van der Waals surface area contributed by atoms with Gasteiger partial charge in [-0.25, -0.2) is 0 Å². The number of nitrogens with zero attached hydrogens (tertiary/aromatic N) is 1. The summed E-state index contributed by atoms with van der Waals surface area (Å²) in [6.07, 6.45) is 0. The molecule has 48 heavy (non-hydrogen) atoms. The number of rotatable bonds is 4. The van der Waals surface area contributed by atoms with E-state index in [1.807, 2.05) is 0 Å². The molecule has 236 valence electrons. The van der Waals surface area contributed by atoms with Crippen LogP contribution in [-0.2, 0) is 10.8 Å². The van der Waals surface area contributed by atoms with Gasteiger partial charge in [-0.15, -0.1) is 0 Å². The summed E-state index contributed by atoms with van der Waals surface area (Å²) in [5, 5.41) is 0. The molecule has 0 aliphatic carbocycles. The Hall–Kier alpha value is -5.22. The van der Waals surface area contributed by atoms with Crippen molar-refractivity contribution >= 4 is 40.2 Å². The van der Waals surface area contributed by atoms with Crippen LogP contribution < -0.4 is 30.8 Å². The molecule has 0 N–H and O–H groups in total. The number of fused-ring (bicyclic) bond motifs is 4. The SMILES string of the molecule is [2H]c1c([2H])c([2H])c(-c2c([2H])c([2H])c([2H])c(N(c3cc4c5c(c3)Oc3c([2H])c([2H])c(C(C)(C)C)c([2H])c3B5c3c([2H])c(C(C)(C)C)c([2H])c([2H])c3O4)c3c([2H])c([2H])c([2H])c([2H])c3[2H])c2[2H])c([2H])c1[2H]. The Morgan fingerprint density at radius 2 is 1.00 bits per heavy atom. The van der Waals surface area contributed by atoms with Crippen LogP contribution in [0, 0.1) is 0 Å². The maximum atomic E-state index is 9.65. The van der Waals surface area contributed by atoms with Crippen molar-refractivity contribution in [2.45, 2.75) is 52.4 Å². The fraction of sp³-hybridized carbons (Fsp3) is 0.182. The molecule has 6 aromatic rings. The van der Waals surface area contributed by atoms with Crippen LogP contribution in [0.25, 0.3) is 11.1 Å². The number of para-hydroxylation sites is 1. The van der Waals surface area contributed by atoms with E-state index in [1.165, 1.54) is 12.1 Å². The Morgan fingerprint density at radius 1 is 0.500 bits per heavy atom. The third-order valence-corrected chi connectivity index (χ3v) is 8.04. The fourth-order valence-corrected chi connectivity index (χ4v) is 5.63. The van der Waals surface area contributed by atoms with Crippen LogP contribution in [0.1, 0.15) is 80.1 Å². The third-order valence-electron chi connectivity index (χ3n) is 8.04. The first kappa shape index (κ1) is 15.3. The average molecular weight is 646 g/mol. The molecule has 0 saturated heterocycles. The van der Waals surface area contributed by atoms with Crippen LogP contribution in [0.3, 0.4) is 0 Å². The van der Waals surface area contributed by atoms with Crippen molar-refractivity contribution in [2.75, 3.05) is 4.90 Å². The molecule has 0 atom stereocenters. The van der Waals surface area contributed by atoms with Crippen LogP contribution in [0.4, 0.5) is 17.1 Å². The van der Waals surface area contributed by atoms with E-state index in [1.54, 1.807) is 41.5 Å². The van der Waals surface area contributed by atoms with Gasteiger partial charge in [0.2, 0.25) is 0 Å². The van der Waals surface area contributed by atoms with E-state index in [-0.39, 0.29) is 80.4 Å². The lowest BCUT2D eigenvalue weighted by molar-refractivity contribution is 0.464. The fourth-order valence-electron chi connectivity index (χ4n) is 5.63. The molecule has 3 nitrogen and oxygen atoms in total. The topological polar surface area (TPSA) is 21.7 Å². The zero-order valence-electron chi connectivity index (χ0n) is 47.0. The molecular weight excluding hydrogens is 585 g/mol. The van der Waals surface area contributed by atoms with Gasteiger partial charge in [0.15, 0.2) is 0 Å². The summed E-state index contributed by atoms with van der Waals surface area (Å²) in [6, 6.07) is -11.7. The molecule has 0 spiro atoms. The molecule has 0 aromatic heterocycles. The minimum Gasteiger partial charge on any atom is -0.458 e. The van der Waals surface area contributed by atoms with E-state index >= 15 is 0 Å². The molecule has 0 fully saturated rings. The minimum absolute atomic E-state index is 0.0602. The van der Waals surface area contributed by atoms with E-state index < -0.39 is 137 Å². The lowest BCUT2D eigenvalue weighted by Crippen LogP contribution is -2.57. The molecule has 0 radical (unpaired) electrons. The molecule has 2 aliphatic heterocycles. The van der Waals surface area contributed by atoms with Crippen LogP contribution in [-0.4, -0.2) is 6.71 Å². The van der Waals surface area contributed by atoms with Gasteiger partial charge in [-0.3, -0.25) is 0 Å². The highest BCUT2D eigenvalue weighted by atomic mass is 16.5. The summed E-state index contributed by atoms with van der Waals surface area (Å²) in [5.41, 5.74) is -4.30. The van der Waals surface area contributed by atoms with Crippen LogP contribution in [0.2, 0.25) is 0 Å². The van der Waals surface area contributed by atoms with Crippen molar-refractivity contribution in [3.05, 3.63) is 144 Å². The van der Waals surface area contributed by atoms with E-state index in [0.717, 1.165) is 4.90 Å². The second kappa shape index (κ2) is 11.2. The molecule has 0 saturated carbocycles. The molecule has 0 amide bonds. The number of hydrogen-bond donors (Lipinski definition) is 0. The third kappa shape index (κ3) is 5.26. The predicted octanol–water partition coefficient (Wildman–Crippen LogP) is 10.1. The van der Waals surface area contributed by atoms with Crippen molar-refractivity contribution in [1.29, 1.82) is 0 Å². The molecule has 2 aliphatic rings. The first-order chi connectivity index (χ1) is 31.4. The van der Waals surface area contributed by atoms with Crippen molar-refractivity contribution in [3.63, 3.8) is 0 Å². The highest BCUT2D eigenvalue weighted by Gasteiger charge is 2.42. The Bertz CT molecular complexity index is 3130. The van der Waals surface area contributed by atoms with Gasteiger partial charge in [0.1, 0.15) is 23.0 Å². The van der Waals surface area contributed by atoms with Gasteiger partial charge in [0.05, 0.1) is 33.1 Å². The lowest BCUT2D eigenvalue weighted by Gasteiger charge is -2.36. The lowest BCUT2D eigenvalue weighted by atomic mass is 9.34. The van der Waals surface area contributed by atoms with E-state index in [2.05, 4.69) is 0 Å². The second-order valence-electron chi connectivity index (χ2n) is 13.5. The molecule has 2 heterocycles. The summed E-state index contributed by atoms with van der Waals surface area (Å²) >= 11 is 0. The largest absolute Gasteiger partial charge is 0.458 e. The van der Waals surface area contributed by atoms with Crippen molar-refractivity contribution in [2.24, 2.45) is 0 Å². The van der Waals surface area contributed by atoms with Crippen molar-refractivity contribution in [1.82, 2.24) is 0 Å². The second-order valence-corrected chi connectivity index (χ2v) is 13.5. The molecule has 8 rings (SSSR count). The van der Waals surface area contributed by atoms with Crippen molar-refractivity contribution < 1.29 is 36.9 Å². The number of benzene rings is 6. The summed E-state index contributed by atoms with van der Waals surface area (Å²) < 4.78 is 192. The van der Waals surface area contributed by atoms with E-state index in [9.17, 15) is 8.22 Å². The molecular formula is C44H40BNO2. The first-order valence-electron chi connectivity index (χ1n) is 25.3. The summed E-state index contributed by atoms with van der Waals surface area (Å²) in [6.45, 7) is 9.39. The first-order valence-corrected chi connectivity index (χ1v) is 15.3. The summed E-state index contributed by atoms with van der Waals surface area (Å²) in [4.78, 5) is 0.830. The maximum absolute atomic E-state index is 9.65. The minimum atomic E-state index is -1.23. The standard InChI is InChI=1S/C44H40BNO2/c1-43(2,3)31-20-22-38-36(25-31)45-37-26-32(44(4,5)6)21-23-39(37)48-41-28-35(27-40(47-38)42(41)45)46(33-17-11-8-12-18-33)34-19-13-16-30(24-34)29-14-9-7-10-15-29/h7-28H,1-6H3/i7D,8D,9D,10D,11D,12D,13D,14D,15D,16D,17D,18D,19D,20D,21D,22D,23D,24D,25D,26D. The summed E-state index contributed by atoms with van der Waals surface area (Å²) in [5.74, 6) is -0.961. The Kier molecular flexibility index (Phi) is 3.58. The van der Waals surface area contributed by atoms with E-state index in [0.29, 0.717) is 0 Å². The smallest absolute Gasteiger partial charge is 0.260 e. The Morgan fingerprint density at radius 3 is 1.54 bits per heavy atom. The highest BCUT2D eigenvalue weighted by molar-refractivity contribution is 6.98. The Balaban J connectivity index is 1.56. The Labute approximate surface area is 313 Å². The van der Waals surface area contributed by atoms with Gasteiger partial charge in [0.25, 0.3) is 6.71 Å². The van der Waals surface area contributed by atoms with Gasteiger partial charge in [0, 0.05) is 29.0 Å². The zero-order chi connectivity index (χ0) is 50.6. The summed E-state index contributed by atoms with van der Waals surface area (Å²) in [7, 11) is 0. The molecule has 0 unspecified atom stereocenters. The highest BCUT2D eigenvalue weighted by Crippen LogP contribution is 2.43. The van der Waals surface area contributed by atoms with Gasteiger partial charge in [-0.1, -0.05) is 126 Å². The quantitative estimate of drug-likeness (QED) is 0.178. The van der Waals surface area contributed by atoms with Crippen LogP contribution in [0.15, 0.2) is 133 Å². The van der Waals surface area contributed by atoms with Gasteiger partial charge >= 0.3 is 0 Å². The van der Waals surface area contributed by atoms with Gasteiger partial charge in [-0.05, 0) is 80.3 Å².